The van der Waals surface area contributed by atoms with Gasteiger partial charge in [-0.1, -0.05) is 35.5 Å². The molecule has 0 aliphatic carbocycles. The zero-order valence-electron chi connectivity index (χ0n) is 18.5. The van der Waals surface area contributed by atoms with Crippen molar-refractivity contribution in [3.63, 3.8) is 0 Å². The third-order valence-corrected chi connectivity index (χ3v) is 6.09. The molecular weight excluding hydrogens is 523 g/mol. The second-order valence-corrected chi connectivity index (χ2v) is 8.72. The maximum absolute atomic E-state index is 13.3. The molecule has 2 heterocycles. The van der Waals surface area contributed by atoms with Gasteiger partial charge in [0.1, 0.15) is 12.0 Å². The highest BCUT2D eigenvalue weighted by Crippen LogP contribution is 2.21. The molecule has 0 atom stereocenters. The first-order valence-electron chi connectivity index (χ1n) is 10.8. The Balaban J connectivity index is 1.24. The number of amides is 2. The number of piperidine rings is 1. The highest BCUT2D eigenvalue weighted by molar-refractivity contribution is 9.10. The molecule has 1 aromatic heterocycles. The van der Waals surface area contributed by atoms with E-state index in [1.165, 1.54) is 24.4 Å². The Bertz CT molecular complexity index is 1200. The second kappa shape index (κ2) is 11.6. The fourth-order valence-corrected chi connectivity index (χ4v) is 3.95. The molecule has 0 unspecified atom stereocenters. The number of benzene rings is 2. The lowest BCUT2D eigenvalue weighted by Crippen LogP contribution is -2.42. The number of oxime groups is 1. The Kier molecular flexibility index (Phi) is 8.03. The minimum Gasteiger partial charge on any atom is -0.342 e. The lowest BCUT2D eigenvalue weighted by Gasteiger charge is -2.31. The number of carbonyl (C=O) groups excluding carboxylic acids is 2. The highest BCUT2D eigenvalue weighted by Gasteiger charge is 2.28. The topological polar surface area (TPSA) is 122 Å². The maximum Gasteiger partial charge on any atom is 0.228 e. The fourth-order valence-electron chi connectivity index (χ4n) is 3.57. The highest BCUT2D eigenvalue weighted by atomic mass is 79.9. The van der Waals surface area contributed by atoms with Crippen molar-refractivity contribution in [2.75, 3.05) is 23.9 Å². The third kappa shape index (κ3) is 6.63. The summed E-state index contributed by atoms with van der Waals surface area (Å²) in [5, 5.41) is 13.8. The van der Waals surface area contributed by atoms with Crippen molar-refractivity contribution < 1.29 is 23.5 Å². The minimum absolute atomic E-state index is 0.0517. The number of halogens is 2. The number of nitrogens with one attached hydrogen (secondary N) is 2. The largest absolute Gasteiger partial charge is 0.342 e. The van der Waals surface area contributed by atoms with Gasteiger partial charge in [0.05, 0.1) is 16.6 Å². The quantitative estimate of drug-likeness (QED) is 0.327. The van der Waals surface area contributed by atoms with Crippen molar-refractivity contribution in [3.8, 4) is 0 Å². The zero-order chi connectivity index (χ0) is 24.6. The van der Waals surface area contributed by atoms with Gasteiger partial charge in [-0.05, 0) is 62.8 Å². The first-order valence-corrected chi connectivity index (χ1v) is 11.6. The second-order valence-electron chi connectivity index (χ2n) is 7.86. The number of likely N-dealkylation sites (tertiary alicyclic amines) is 1. The molecule has 4 rings (SSSR count). The standard InChI is InChI=1S/C23H22BrFN6O4/c24-18-13-17(6-7-19(18)25)28-34-26-14-20-22(30-35-29-20)27-23(33)16-8-10-31(11-9-16)21(32)12-15-4-2-1-3-5-15/h1-7,13-14,16,28H,8-12H2,(H,27,30,33)/b26-14+. The number of hydrogen-bond acceptors (Lipinski definition) is 8. The molecule has 1 fully saturated rings. The number of anilines is 2. The molecule has 182 valence electrons. The SMILES string of the molecule is O=C(Nc1nonc1/C=N/ONc1ccc(F)c(Br)c1)C1CCN(C(=O)Cc2ccccc2)CC1. The van der Waals surface area contributed by atoms with Gasteiger partial charge in [0.2, 0.25) is 17.6 Å². The molecule has 35 heavy (non-hydrogen) atoms. The van der Waals surface area contributed by atoms with Crippen LogP contribution in [0.4, 0.5) is 15.9 Å². The summed E-state index contributed by atoms with van der Waals surface area (Å²) >= 11 is 3.08. The number of hydrogen-bond donors (Lipinski definition) is 2. The van der Waals surface area contributed by atoms with Crippen molar-refractivity contribution in [1.29, 1.82) is 0 Å². The van der Waals surface area contributed by atoms with E-state index in [1.54, 1.807) is 4.90 Å². The van der Waals surface area contributed by atoms with Crippen LogP contribution in [-0.2, 0) is 20.9 Å². The van der Waals surface area contributed by atoms with Gasteiger partial charge < -0.3 is 10.2 Å². The van der Waals surface area contributed by atoms with E-state index in [-0.39, 0.29) is 33.7 Å². The monoisotopic (exact) mass is 544 g/mol. The van der Waals surface area contributed by atoms with Gasteiger partial charge in [-0.15, -0.1) is 0 Å². The Hall–Kier alpha value is -3.80. The minimum atomic E-state index is -0.405. The summed E-state index contributed by atoms with van der Waals surface area (Å²) in [5.74, 6) is -0.754. The van der Waals surface area contributed by atoms with Crippen molar-refractivity contribution in [3.05, 3.63) is 70.1 Å². The molecule has 0 spiro atoms. The maximum atomic E-state index is 13.3. The van der Waals surface area contributed by atoms with Crippen molar-refractivity contribution in [1.82, 2.24) is 15.2 Å². The number of rotatable bonds is 8. The van der Waals surface area contributed by atoms with Crippen LogP contribution < -0.4 is 10.8 Å². The van der Waals surface area contributed by atoms with Gasteiger partial charge in [-0.3, -0.25) is 14.5 Å². The lowest BCUT2D eigenvalue weighted by atomic mass is 9.95. The number of aromatic nitrogens is 2. The van der Waals surface area contributed by atoms with Crippen LogP contribution >= 0.6 is 15.9 Å². The molecule has 2 N–H and O–H groups in total. The van der Waals surface area contributed by atoms with Gasteiger partial charge in [0.15, 0.2) is 5.69 Å². The Morgan fingerprint density at radius 3 is 2.71 bits per heavy atom. The van der Waals surface area contributed by atoms with E-state index >= 15 is 0 Å². The summed E-state index contributed by atoms with van der Waals surface area (Å²) in [6.45, 7) is 1.02. The fraction of sp³-hybridized carbons (Fsp3) is 0.261. The van der Waals surface area contributed by atoms with Crippen LogP contribution in [0.2, 0.25) is 0 Å². The molecule has 2 aromatic carbocycles. The summed E-state index contributed by atoms with van der Waals surface area (Å²) in [6, 6.07) is 13.8. The smallest absolute Gasteiger partial charge is 0.228 e. The van der Waals surface area contributed by atoms with E-state index in [1.807, 2.05) is 30.3 Å². The molecule has 2 amide bonds. The van der Waals surface area contributed by atoms with E-state index in [4.69, 9.17) is 9.57 Å². The van der Waals surface area contributed by atoms with E-state index < -0.39 is 5.82 Å². The van der Waals surface area contributed by atoms with Crippen LogP contribution in [0.25, 0.3) is 0 Å². The van der Waals surface area contributed by atoms with E-state index in [9.17, 15) is 14.0 Å². The predicted molar refractivity (Wildman–Crippen MR) is 129 cm³/mol. The molecule has 1 aliphatic heterocycles. The van der Waals surface area contributed by atoms with Crippen molar-refractivity contribution >= 4 is 45.5 Å². The summed E-state index contributed by atoms with van der Waals surface area (Å²) in [4.78, 5) is 32.0. The molecule has 0 radical (unpaired) electrons. The molecule has 12 heteroatoms. The summed E-state index contributed by atoms with van der Waals surface area (Å²) in [5.41, 5.74) is 4.12. The Morgan fingerprint density at radius 2 is 1.97 bits per heavy atom. The lowest BCUT2D eigenvalue weighted by molar-refractivity contribution is -0.133. The van der Waals surface area contributed by atoms with Crippen LogP contribution in [0.5, 0.6) is 0 Å². The van der Waals surface area contributed by atoms with Gasteiger partial charge in [-0.2, -0.15) is 5.48 Å². The first-order chi connectivity index (χ1) is 17.0. The van der Waals surface area contributed by atoms with Gasteiger partial charge in [0.25, 0.3) is 0 Å². The molecule has 0 saturated carbocycles. The molecule has 1 saturated heterocycles. The Labute approximate surface area is 208 Å². The number of carbonyl (C=O) groups is 2. The normalized spacial score (nSPS) is 14.2. The third-order valence-electron chi connectivity index (χ3n) is 5.48. The summed E-state index contributed by atoms with van der Waals surface area (Å²) < 4.78 is 18.2. The molecule has 3 aromatic rings. The van der Waals surface area contributed by atoms with Crippen LogP contribution in [0.15, 0.2) is 62.8 Å². The van der Waals surface area contributed by atoms with Gasteiger partial charge in [-0.25, -0.2) is 9.02 Å². The summed E-state index contributed by atoms with van der Waals surface area (Å²) in [6.07, 6.45) is 2.64. The predicted octanol–water partition coefficient (Wildman–Crippen LogP) is 3.77. The summed E-state index contributed by atoms with van der Waals surface area (Å²) in [7, 11) is 0. The average molecular weight is 545 g/mol. The van der Waals surface area contributed by atoms with E-state index in [2.05, 4.69) is 42.2 Å². The molecule has 1 aliphatic rings. The van der Waals surface area contributed by atoms with E-state index in [0.717, 1.165) is 5.56 Å². The van der Waals surface area contributed by atoms with Crippen molar-refractivity contribution in [2.45, 2.75) is 19.3 Å². The molecule has 0 bridgehead atoms. The van der Waals surface area contributed by atoms with Crippen LogP contribution in [0.1, 0.15) is 24.1 Å². The molecular formula is C23H22BrFN6O4. The van der Waals surface area contributed by atoms with Crippen LogP contribution in [0, 0.1) is 11.7 Å². The van der Waals surface area contributed by atoms with Gasteiger partial charge in [0, 0.05) is 19.0 Å². The Morgan fingerprint density at radius 1 is 1.20 bits per heavy atom. The van der Waals surface area contributed by atoms with Crippen molar-refractivity contribution in [2.24, 2.45) is 11.1 Å². The van der Waals surface area contributed by atoms with E-state index in [0.29, 0.717) is 38.0 Å². The van der Waals surface area contributed by atoms with Crippen LogP contribution in [0.3, 0.4) is 0 Å². The number of nitrogens with zero attached hydrogens (tertiary/aromatic N) is 4. The first kappa shape index (κ1) is 24.3. The van der Waals surface area contributed by atoms with Crippen LogP contribution in [-0.4, -0.2) is 46.3 Å². The molecule has 10 nitrogen and oxygen atoms in total. The zero-order valence-corrected chi connectivity index (χ0v) is 20.1. The van der Waals surface area contributed by atoms with Gasteiger partial charge >= 0.3 is 0 Å². The average Bonchev–Trinajstić information content (AvgIpc) is 3.31.